The number of nitrogens with one attached hydrogen (secondary N) is 1. The molecule has 0 radical (unpaired) electrons. The van der Waals surface area contributed by atoms with Gasteiger partial charge in [0.05, 0.1) is 18.2 Å². The van der Waals surface area contributed by atoms with E-state index in [4.69, 9.17) is 9.84 Å². The van der Waals surface area contributed by atoms with E-state index < -0.39 is 5.97 Å². The molecule has 21 heavy (non-hydrogen) atoms. The van der Waals surface area contributed by atoms with Gasteiger partial charge in [-0.1, -0.05) is 13.8 Å². The van der Waals surface area contributed by atoms with Gasteiger partial charge < -0.3 is 15.2 Å². The Morgan fingerprint density at radius 3 is 2.38 bits per heavy atom. The number of ether oxygens (including phenoxy) is 1. The van der Waals surface area contributed by atoms with Gasteiger partial charge in [-0.25, -0.2) is 4.79 Å². The van der Waals surface area contributed by atoms with Crippen LogP contribution < -0.4 is 5.32 Å². The van der Waals surface area contributed by atoms with Crippen molar-refractivity contribution in [2.24, 2.45) is 5.92 Å². The number of aromatic carboxylic acids is 1. The lowest BCUT2D eigenvalue weighted by Crippen LogP contribution is -2.42. The third-order valence-electron chi connectivity index (χ3n) is 3.21. The topological polar surface area (TPSA) is 75.6 Å². The van der Waals surface area contributed by atoms with Gasteiger partial charge in [-0.3, -0.25) is 4.79 Å². The molecule has 0 saturated heterocycles. The molecule has 0 aliphatic heterocycles. The van der Waals surface area contributed by atoms with Gasteiger partial charge in [0.2, 0.25) is 0 Å². The average molecular weight is 293 g/mol. The fourth-order valence-corrected chi connectivity index (χ4v) is 1.93. The molecular formula is C16H23NO4. The molecule has 0 saturated carbocycles. The zero-order valence-electron chi connectivity index (χ0n) is 13.0. The van der Waals surface area contributed by atoms with Gasteiger partial charge in [0, 0.05) is 12.2 Å². The predicted octanol–water partition coefficient (Wildman–Crippen LogP) is 2.48. The number of aryl methyl sites for hydroxylation is 1. The fourth-order valence-electron chi connectivity index (χ4n) is 1.93. The van der Waals surface area contributed by atoms with Crippen molar-refractivity contribution in [3.63, 3.8) is 0 Å². The highest BCUT2D eigenvalue weighted by molar-refractivity contribution is 5.98. The summed E-state index contributed by atoms with van der Waals surface area (Å²) >= 11 is 0. The summed E-state index contributed by atoms with van der Waals surface area (Å²) in [6.07, 6.45) is 0. The summed E-state index contributed by atoms with van der Waals surface area (Å²) in [7, 11) is 0. The molecule has 1 amide bonds. The van der Waals surface area contributed by atoms with Crippen LogP contribution in [0.3, 0.4) is 0 Å². The number of amides is 1. The summed E-state index contributed by atoms with van der Waals surface area (Å²) in [5.74, 6) is -1.09. The number of rotatable bonds is 7. The van der Waals surface area contributed by atoms with Crippen LogP contribution in [0.2, 0.25) is 0 Å². The molecule has 1 aromatic rings. The first-order valence-electron chi connectivity index (χ1n) is 7.08. The van der Waals surface area contributed by atoms with Crippen LogP contribution >= 0.6 is 0 Å². The minimum Gasteiger partial charge on any atom is -0.478 e. The van der Waals surface area contributed by atoms with Crippen LogP contribution in [0.1, 0.15) is 47.1 Å². The predicted molar refractivity (Wildman–Crippen MR) is 80.7 cm³/mol. The fraction of sp³-hybridized carbons (Fsp3) is 0.500. The van der Waals surface area contributed by atoms with Crippen molar-refractivity contribution in [1.82, 2.24) is 5.32 Å². The van der Waals surface area contributed by atoms with Crippen molar-refractivity contribution >= 4 is 11.9 Å². The lowest BCUT2D eigenvalue weighted by molar-refractivity contribution is 0.0696. The van der Waals surface area contributed by atoms with E-state index in [1.54, 1.807) is 19.1 Å². The third kappa shape index (κ3) is 5.19. The van der Waals surface area contributed by atoms with Gasteiger partial charge in [-0.05, 0) is 43.5 Å². The van der Waals surface area contributed by atoms with E-state index in [0.717, 1.165) is 5.56 Å². The second-order valence-electron chi connectivity index (χ2n) is 5.38. The minimum atomic E-state index is -1.04. The zero-order chi connectivity index (χ0) is 16.0. The highest BCUT2D eigenvalue weighted by atomic mass is 16.5. The summed E-state index contributed by atoms with van der Waals surface area (Å²) in [4.78, 5) is 23.3. The maximum Gasteiger partial charge on any atom is 0.335 e. The molecule has 1 rings (SSSR count). The number of hydrogen-bond donors (Lipinski definition) is 2. The summed E-state index contributed by atoms with van der Waals surface area (Å²) in [5, 5.41) is 12.0. The van der Waals surface area contributed by atoms with Crippen LogP contribution in [0.4, 0.5) is 0 Å². The molecule has 1 unspecified atom stereocenters. The van der Waals surface area contributed by atoms with E-state index in [1.807, 2.05) is 20.8 Å². The molecule has 0 aliphatic rings. The number of hydrogen-bond acceptors (Lipinski definition) is 3. The number of carboxylic acid groups (broad SMARTS) is 1. The third-order valence-corrected chi connectivity index (χ3v) is 3.21. The largest absolute Gasteiger partial charge is 0.478 e. The number of carbonyl (C=O) groups excluding carboxylic acids is 1. The molecule has 1 aromatic carbocycles. The monoisotopic (exact) mass is 293 g/mol. The second-order valence-corrected chi connectivity index (χ2v) is 5.38. The van der Waals surface area contributed by atoms with Crippen LogP contribution in [0.25, 0.3) is 0 Å². The van der Waals surface area contributed by atoms with Gasteiger partial charge in [0.15, 0.2) is 0 Å². The molecule has 0 fully saturated rings. The van der Waals surface area contributed by atoms with Gasteiger partial charge in [-0.15, -0.1) is 0 Å². The molecule has 0 aromatic heterocycles. The summed E-state index contributed by atoms with van der Waals surface area (Å²) in [6, 6.07) is 4.51. The van der Waals surface area contributed by atoms with Crippen LogP contribution in [-0.2, 0) is 4.74 Å². The van der Waals surface area contributed by atoms with Gasteiger partial charge in [0.1, 0.15) is 0 Å². The van der Waals surface area contributed by atoms with Crippen LogP contribution in [0.15, 0.2) is 18.2 Å². The average Bonchev–Trinajstić information content (AvgIpc) is 2.42. The van der Waals surface area contributed by atoms with Gasteiger partial charge in [-0.2, -0.15) is 0 Å². The Hall–Kier alpha value is -1.88. The molecule has 5 nitrogen and oxygen atoms in total. The molecule has 5 heteroatoms. The van der Waals surface area contributed by atoms with E-state index in [2.05, 4.69) is 5.32 Å². The Kier molecular flexibility index (Phi) is 6.37. The summed E-state index contributed by atoms with van der Waals surface area (Å²) in [5.41, 5.74) is 1.21. The van der Waals surface area contributed by atoms with Crippen molar-refractivity contribution in [2.75, 3.05) is 13.2 Å². The summed E-state index contributed by atoms with van der Waals surface area (Å²) < 4.78 is 5.37. The number of benzene rings is 1. The Labute approximate surface area is 125 Å². The van der Waals surface area contributed by atoms with Crippen LogP contribution in [0.5, 0.6) is 0 Å². The Morgan fingerprint density at radius 1 is 1.24 bits per heavy atom. The van der Waals surface area contributed by atoms with E-state index in [0.29, 0.717) is 18.8 Å². The van der Waals surface area contributed by atoms with E-state index >= 15 is 0 Å². The molecule has 0 aliphatic carbocycles. The first-order chi connectivity index (χ1) is 9.85. The number of carboxylic acids is 1. The van der Waals surface area contributed by atoms with E-state index in [1.165, 1.54) is 6.07 Å². The normalized spacial score (nSPS) is 12.2. The molecule has 0 spiro atoms. The molecule has 1 atom stereocenters. The molecule has 116 valence electrons. The van der Waals surface area contributed by atoms with Crippen LogP contribution in [-0.4, -0.2) is 36.2 Å². The molecule has 2 N–H and O–H groups in total. The smallest absolute Gasteiger partial charge is 0.335 e. The minimum absolute atomic E-state index is 0.105. The highest BCUT2D eigenvalue weighted by Crippen LogP contribution is 2.11. The molecule has 0 bridgehead atoms. The molecule has 0 heterocycles. The standard InChI is InChI=1S/C16H23NO4/c1-5-21-9-14(10(2)3)17-15(18)12-6-11(4)7-13(8-12)16(19)20/h6-8,10,14H,5,9H2,1-4H3,(H,17,18)(H,19,20). The van der Waals surface area contributed by atoms with Crippen molar-refractivity contribution in [1.29, 1.82) is 0 Å². The van der Waals surface area contributed by atoms with Gasteiger partial charge in [0.25, 0.3) is 5.91 Å². The number of carbonyl (C=O) groups is 2. The maximum atomic E-state index is 12.3. The van der Waals surface area contributed by atoms with Gasteiger partial charge >= 0.3 is 5.97 Å². The lowest BCUT2D eigenvalue weighted by atomic mass is 10.0. The van der Waals surface area contributed by atoms with E-state index in [9.17, 15) is 9.59 Å². The maximum absolute atomic E-state index is 12.3. The Bertz CT molecular complexity index is 511. The van der Waals surface area contributed by atoms with Crippen molar-refractivity contribution in [2.45, 2.75) is 33.7 Å². The summed E-state index contributed by atoms with van der Waals surface area (Å²) in [6.45, 7) is 8.71. The second kappa shape index (κ2) is 7.78. The SMILES string of the molecule is CCOCC(NC(=O)c1cc(C)cc(C(=O)O)c1)C(C)C. The van der Waals surface area contributed by atoms with Crippen molar-refractivity contribution in [3.8, 4) is 0 Å². The quantitative estimate of drug-likeness (QED) is 0.810. The van der Waals surface area contributed by atoms with Crippen molar-refractivity contribution in [3.05, 3.63) is 34.9 Å². The van der Waals surface area contributed by atoms with E-state index in [-0.39, 0.29) is 23.4 Å². The lowest BCUT2D eigenvalue weighted by Gasteiger charge is -2.22. The first kappa shape index (κ1) is 17.2. The zero-order valence-corrected chi connectivity index (χ0v) is 13.0. The Balaban J connectivity index is 2.89. The highest BCUT2D eigenvalue weighted by Gasteiger charge is 2.18. The Morgan fingerprint density at radius 2 is 1.86 bits per heavy atom. The molecular weight excluding hydrogens is 270 g/mol. The van der Waals surface area contributed by atoms with Crippen LogP contribution in [0, 0.1) is 12.8 Å². The van der Waals surface area contributed by atoms with Crippen molar-refractivity contribution < 1.29 is 19.4 Å². The first-order valence-corrected chi connectivity index (χ1v) is 7.08.